The second-order valence-electron chi connectivity index (χ2n) is 9.61. The summed E-state index contributed by atoms with van der Waals surface area (Å²) in [5, 5.41) is 26.9. The predicted octanol–water partition coefficient (Wildman–Crippen LogP) is 6.26. The maximum absolute atomic E-state index is 10.9. The number of carboxylic acids is 3. The largest absolute Gasteiger partial charge is 0.481 e. The molecular weight excluding hydrogens is 434 g/mol. The number of rotatable bonds is 25. The van der Waals surface area contributed by atoms with Crippen LogP contribution in [0.4, 0.5) is 0 Å². The Kier molecular flexibility index (Phi) is 20.4. The molecule has 0 unspecified atom stereocenters. The van der Waals surface area contributed by atoms with Crippen LogP contribution < -0.4 is 0 Å². The molecule has 0 saturated carbocycles. The Bertz CT molecular complexity index is 520. The smallest absolute Gasteiger partial charge is 0.303 e. The summed E-state index contributed by atoms with van der Waals surface area (Å²) in [4.78, 5) is 32.8. The van der Waals surface area contributed by atoms with Gasteiger partial charge in [-0.3, -0.25) is 14.4 Å². The SMILES string of the molecule is CCCCCCC/C=C/CCC[N+](CCCCC(=O)O)(CCCCC(=O)O)CCCCC(=O)O. The van der Waals surface area contributed by atoms with Crippen molar-refractivity contribution in [3.8, 4) is 0 Å². The van der Waals surface area contributed by atoms with Gasteiger partial charge in [0.2, 0.25) is 0 Å². The van der Waals surface area contributed by atoms with E-state index in [0.29, 0.717) is 19.3 Å². The van der Waals surface area contributed by atoms with Crippen molar-refractivity contribution >= 4 is 17.9 Å². The Morgan fingerprint density at radius 2 is 0.912 bits per heavy atom. The van der Waals surface area contributed by atoms with Gasteiger partial charge >= 0.3 is 17.9 Å². The average molecular weight is 485 g/mol. The molecule has 0 heterocycles. The second kappa shape index (κ2) is 21.6. The first-order valence-electron chi connectivity index (χ1n) is 13.5. The minimum atomic E-state index is -0.777. The third-order valence-electron chi connectivity index (χ3n) is 6.46. The van der Waals surface area contributed by atoms with Crippen LogP contribution in [-0.4, -0.2) is 63.9 Å². The van der Waals surface area contributed by atoms with Gasteiger partial charge in [0.25, 0.3) is 0 Å². The van der Waals surface area contributed by atoms with Crippen LogP contribution in [0.3, 0.4) is 0 Å². The van der Waals surface area contributed by atoms with Gasteiger partial charge in [0.1, 0.15) is 0 Å². The van der Waals surface area contributed by atoms with Gasteiger partial charge in [-0.1, -0.05) is 44.8 Å². The quantitative estimate of drug-likeness (QED) is 0.0800. The van der Waals surface area contributed by atoms with Crippen LogP contribution in [0.2, 0.25) is 0 Å². The van der Waals surface area contributed by atoms with Crippen molar-refractivity contribution in [2.24, 2.45) is 0 Å². The lowest BCUT2D eigenvalue weighted by Crippen LogP contribution is -2.50. The van der Waals surface area contributed by atoms with Crippen LogP contribution in [0.15, 0.2) is 12.2 Å². The Morgan fingerprint density at radius 3 is 1.32 bits per heavy atom. The summed E-state index contributed by atoms with van der Waals surface area (Å²) < 4.78 is 0.837. The molecule has 0 aliphatic carbocycles. The first kappa shape index (κ1) is 32.1. The summed E-state index contributed by atoms with van der Waals surface area (Å²) in [5.74, 6) is -2.33. The lowest BCUT2D eigenvalue weighted by Gasteiger charge is -2.39. The monoisotopic (exact) mass is 484 g/mol. The summed E-state index contributed by atoms with van der Waals surface area (Å²) in [6.45, 7) is 5.80. The van der Waals surface area contributed by atoms with E-state index in [0.717, 1.165) is 69.2 Å². The Morgan fingerprint density at radius 1 is 0.529 bits per heavy atom. The van der Waals surface area contributed by atoms with Crippen LogP contribution in [0, 0.1) is 0 Å². The highest BCUT2D eigenvalue weighted by Crippen LogP contribution is 2.18. The lowest BCUT2D eigenvalue weighted by molar-refractivity contribution is -0.929. The molecular formula is C27H50NO6+. The van der Waals surface area contributed by atoms with Gasteiger partial charge in [-0.05, 0) is 57.8 Å². The molecule has 7 nitrogen and oxygen atoms in total. The molecule has 0 amide bonds. The molecule has 34 heavy (non-hydrogen) atoms. The summed E-state index contributed by atoms with van der Waals surface area (Å²) in [6.07, 6.45) is 19.0. The molecule has 0 aromatic rings. The van der Waals surface area contributed by atoms with Gasteiger partial charge in [-0.25, -0.2) is 0 Å². The van der Waals surface area contributed by atoms with Crippen molar-refractivity contribution < 1.29 is 34.2 Å². The number of quaternary nitrogens is 1. The normalized spacial score (nSPS) is 11.8. The van der Waals surface area contributed by atoms with E-state index in [1.165, 1.54) is 32.1 Å². The lowest BCUT2D eigenvalue weighted by atomic mass is 10.1. The molecule has 0 fully saturated rings. The fourth-order valence-corrected chi connectivity index (χ4v) is 4.49. The van der Waals surface area contributed by atoms with Crippen LogP contribution >= 0.6 is 0 Å². The van der Waals surface area contributed by atoms with Gasteiger partial charge in [0.15, 0.2) is 0 Å². The molecule has 0 bridgehead atoms. The number of carbonyl (C=O) groups is 3. The van der Waals surface area contributed by atoms with Crippen molar-refractivity contribution in [2.75, 3.05) is 26.2 Å². The second-order valence-corrected chi connectivity index (χ2v) is 9.61. The van der Waals surface area contributed by atoms with Crippen molar-refractivity contribution in [1.82, 2.24) is 0 Å². The fraction of sp³-hybridized carbons (Fsp3) is 0.815. The number of aliphatic carboxylic acids is 3. The molecule has 0 saturated heterocycles. The number of unbranched alkanes of at least 4 members (excludes halogenated alkanes) is 9. The van der Waals surface area contributed by atoms with Crippen molar-refractivity contribution in [3.63, 3.8) is 0 Å². The predicted molar refractivity (Wildman–Crippen MR) is 136 cm³/mol. The molecule has 0 rings (SSSR count). The van der Waals surface area contributed by atoms with Crippen molar-refractivity contribution in [3.05, 3.63) is 12.2 Å². The topological polar surface area (TPSA) is 112 Å². The van der Waals surface area contributed by atoms with Crippen molar-refractivity contribution in [2.45, 2.75) is 116 Å². The van der Waals surface area contributed by atoms with Gasteiger partial charge < -0.3 is 19.8 Å². The molecule has 198 valence electrons. The molecule has 0 atom stereocenters. The maximum atomic E-state index is 10.9. The third kappa shape index (κ3) is 20.7. The number of allylic oxidation sites excluding steroid dienone is 2. The zero-order chi connectivity index (χ0) is 25.5. The first-order chi connectivity index (χ1) is 16.3. The molecule has 0 spiro atoms. The number of hydrogen-bond donors (Lipinski definition) is 3. The number of carboxylic acid groups (broad SMARTS) is 3. The van der Waals surface area contributed by atoms with E-state index >= 15 is 0 Å². The van der Waals surface area contributed by atoms with E-state index in [1.54, 1.807) is 0 Å². The highest BCUT2D eigenvalue weighted by Gasteiger charge is 2.26. The van der Waals surface area contributed by atoms with E-state index in [-0.39, 0.29) is 19.3 Å². The molecule has 0 aliphatic heterocycles. The maximum Gasteiger partial charge on any atom is 0.303 e. The van der Waals surface area contributed by atoms with E-state index in [1.807, 2.05) is 0 Å². The first-order valence-corrected chi connectivity index (χ1v) is 13.5. The summed E-state index contributed by atoms with van der Waals surface area (Å²) in [6, 6.07) is 0. The molecule has 3 N–H and O–H groups in total. The van der Waals surface area contributed by atoms with Crippen LogP contribution in [0.5, 0.6) is 0 Å². The third-order valence-corrected chi connectivity index (χ3v) is 6.46. The van der Waals surface area contributed by atoms with Gasteiger partial charge in [-0.2, -0.15) is 0 Å². The molecule has 0 aromatic carbocycles. The highest BCUT2D eigenvalue weighted by atomic mass is 16.4. The molecule has 0 radical (unpaired) electrons. The average Bonchev–Trinajstić information content (AvgIpc) is 2.78. The summed E-state index contributed by atoms with van der Waals surface area (Å²) in [7, 11) is 0. The van der Waals surface area contributed by atoms with Crippen molar-refractivity contribution in [1.29, 1.82) is 0 Å². The highest BCUT2D eigenvalue weighted by molar-refractivity contribution is 5.67. The van der Waals surface area contributed by atoms with E-state index in [2.05, 4.69) is 19.1 Å². The zero-order valence-electron chi connectivity index (χ0n) is 21.5. The Hall–Kier alpha value is -1.89. The van der Waals surface area contributed by atoms with Gasteiger partial charge in [0, 0.05) is 25.7 Å². The van der Waals surface area contributed by atoms with E-state index in [4.69, 9.17) is 15.3 Å². The Balaban J connectivity index is 4.84. The summed E-state index contributed by atoms with van der Waals surface area (Å²) in [5.41, 5.74) is 0. The minimum Gasteiger partial charge on any atom is -0.481 e. The number of hydrogen-bond acceptors (Lipinski definition) is 3. The molecule has 0 aliphatic rings. The van der Waals surface area contributed by atoms with E-state index in [9.17, 15) is 14.4 Å². The number of nitrogens with zero attached hydrogens (tertiary/aromatic N) is 1. The van der Waals surface area contributed by atoms with Gasteiger partial charge in [0.05, 0.1) is 26.2 Å². The minimum absolute atomic E-state index is 0.166. The van der Waals surface area contributed by atoms with Crippen LogP contribution in [-0.2, 0) is 14.4 Å². The molecule has 0 aromatic heterocycles. The fourth-order valence-electron chi connectivity index (χ4n) is 4.49. The van der Waals surface area contributed by atoms with Gasteiger partial charge in [-0.15, -0.1) is 0 Å². The summed E-state index contributed by atoms with van der Waals surface area (Å²) >= 11 is 0. The van der Waals surface area contributed by atoms with E-state index < -0.39 is 17.9 Å². The standard InChI is InChI=1S/C27H49NO6/c1-2-3-4-5-6-7-8-9-10-14-21-28(22-15-11-18-25(29)30,23-16-12-19-26(31)32)24-17-13-20-27(33)34/h8-9H,2-7,10-24H2,1H3,(H2-,29,30,31,32,33,34)/p+1/b9-8+. The zero-order valence-corrected chi connectivity index (χ0v) is 21.5. The molecule has 7 heteroatoms. The Labute approximate surface area is 206 Å². The van der Waals surface area contributed by atoms with Crippen LogP contribution in [0.25, 0.3) is 0 Å². The van der Waals surface area contributed by atoms with Crippen LogP contribution in [0.1, 0.15) is 116 Å².